The van der Waals surface area contributed by atoms with E-state index in [1.807, 2.05) is 39.1 Å². The average Bonchev–Trinajstić information content (AvgIpc) is 3.24. The Morgan fingerprint density at radius 2 is 2.05 bits per heavy atom. The normalized spacial score (nSPS) is 15.6. The number of sulfonamides is 1. The van der Waals surface area contributed by atoms with Crippen molar-refractivity contribution >= 4 is 10.0 Å². The van der Waals surface area contributed by atoms with Gasteiger partial charge in [-0.3, -0.25) is 0 Å². The fraction of sp³-hybridized carbons (Fsp3) is 0.625. The van der Waals surface area contributed by atoms with Crippen molar-refractivity contribution in [1.82, 2.24) is 9.62 Å². The van der Waals surface area contributed by atoms with Crippen LogP contribution in [0.15, 0.2) is 23.1 Å². The molecule has 1 aliphatic rings. The summed E-state index contributed by atoms with van der Waals surface area (Å²) < 4.78 is 27.6. The zero-order chi connectivity index (χ0) is 15.5. The van der Waals surface area contributed by atoms with Gasteiger partial charge in [-0.05, 0) is 56.3 Å². The van der Waals surface area contributed by atoms with Gasteiger partial charge in [-0.1, -0.05) is 19.1 Å². The minimum atomic E-state index is -3.38. The zero-order valence-electron chi connectivity index (χ0n) is 13.2. The second kappa shape index (κ2) is 6.90. The monoisotopic (exact) mass is 310 g/mol. The molecule has 5 heteroatoms. The third-order valence-corrected chi connectivity index (χ3v) is 5.89. The Bertz CT molecular complexity index is 580. The molecule has 0 heterocycles. The highest BCUT2D eigenvalue weighted by Crippen LogP contribution is 2.32. The molecule has 2 rings (SSSR count). The van der Waals surface area contributed by atoms with Crippen molar-refractivity contribution in [2.45, 2.75) is 44.6 Å². The van der Waals surface area contributed by atoms with Gasteiger partial charge in [0.2, 0.25) is 10.0 Å². The third kappa shape index (κ3) is 4.05. The summed E-state index contributed by atoms with van der Waals surface area (Å²) in [7, 11) is -1.52. The minimum Gasteiger partial charge on any atom is -0.316 e. The predicted octanol–water partition coefficient (Wildman–Crippen LogP) is 2.53. The van der Waals surface area contributed by atoms with Gasteiger partial charge >= 0.3 is 0 Å². The van der Waals surface area contributed by atoms with E-state index in [0.717, 1.165) is 30.4 Å². The minimum absolute atomic E-state index is 0.462. The van der Waals surface area contributed by atoms with Crippen molar-refractivity contribution in [3.63, 3.8) is 0 Å². The summed E-state index contributed by atoms with van der Waals surface area (Å²) in [5.74, 6) is 0.562. The van der Waals surface area contributed by atoms with E-state index in [4.69, 9.17) is 0 Å². The van der Waals surface area contributed by atoms with Crippen molar-refractivity contribution < 1.29 is 8.42 Å². The molecule has 1 aromatic rings. The summed E-state index contributed by atoms with van der Waals surface area (Å²) in [6, 6.07) is 5.70. The Hall–Kier alpha value is -0.910. The highest BCUT2D eigenvalue weighted by Gasteiger charge is 2.31. The summed E-state index contributed by atoms with van der Waals surface area (Å²) in [5.41, 5.74) is 1.83. The molecule has 0 aromatic heterocycles. The summed E-state index contributed by atoms with van der Waals surface area (Å²) in [4.78, 5) is 0.462. The lowest BCUT2D eigenvalue weighted by molar-refractivity contribution is 0.395. The molecule has 1 aromatic carbocycles. The molecule has 0 radical (unpaired) electrons. The highest BCUT2D eigenvalue weighted by atomic mass is 32.2. The first-order valence-electron chi connectivity index (χ1n) is 7.73. The van der Waals surface area contributed by atoms with E-state index in [9.17, 15) is 8.42 Å². The van der Waals surface area contributed by atoms with Crippen LogP contribution in [0.5, 0.6) is 0 Å². The quantitative estimate of drug-likeness (QED) is 0.802. The Balaban J connectivity index is 2.32. The molecule has 0 saturated heterocycles. The lowest BCUT2D eigenvalue weighted by Gasteiger charge is -2.23. The number of hydrogen-bond acceptors (Lipinski definition) is 3. The maximum atomic E-state index is 13.0. The van der Waals surface area contributed by atoms with Gasteiger partial charge in [0.1, 0.15) is 0 Å². The third-order valence-electron chi connectivity index (χ3n) is 3.88. The highest BCUT2D eigenvalue weighted by molar-refractivity contribution is 7.89. The van der Waals surface area contributed by atoms with Crippen molar-refractivity contribution in [3.8, 4) is 0 Å². The molecule has 0 unspecified atom stereocenters. The molecule has 0 amide bonds. The largest absolute Gasteiger partial charge is 0.316 e. The van der Waals surface area contributed by atoms with Gasteiger partial charge in [0.15, 0.2) is 0 Å². The van der Waals surface area contributed by atoms with E-state index in [1.54, 1.807) is 4.31 Å². The molecule has 0 bridgehead atoms. The number of nitrogens with zero attached hydrogens (tertiary/aromatic N) is 1. The van der Waals surface area contributed by atoms with Gasteiger partial charge in [-0.15, -0.1) is 0 Å². The molecule has 4 nitrogen and oxygen atoms in total. The number of rotatable bonds is 8. The van der Waals surface area contributed by atoms with Crippen LogP contribution in [-0.2, 0) is 16.6 Å². The van der Waals surface area contributed by atoms with Crippen molar-refractivity contribution in [2.75, 3.05) is 20.1 Å². The van der Waals surface area contributed by atoms with Crippen LogP contribution in [0.1, 0.15) is 37.3 Å². The van der Waals surface area contributed by atoms with Crippen LogP contribution in [0, 0.1) is 12.8 Å². The van der Waals surface area contributed by atoms with E-state index in [0.29, 0.717) is 30.4 Å². The SMILES string of the molecule is CCCN(CC1CC1)S(=O)(=O)c1cc(CNC)ccc1C. The Morgan fingerprint density at radius 1 is 1.33 bits per heavy atom. The van der Waals surface area contributed by atoms with Gasteiger partial charge < -0.3 is 5.32 Å². The van der Waals surface area contributed by atoms with E-state index >= 15 is 0 Å². The Morgan fingerprint density at radius 3 is 2.62 bits per heavy atom. The van der Waals surface area contributed by atoms with E-state index in [2.05, 4.69) is 5.32 Å². The van der Waals surface area contributed by atoms with Crippen LogP contribution < -0.4 is 5.32 Å². The summed E-state index contributed by atoms with van der Waals surface area (Å²) >= 11 is 0. The molecular weight excluding hydrogens is 284 g/mol. The second-order valence-corrected chi connectivity index (χ2v) is 7.84. The Labute approximate surface area is 128 Å². The molecule has 21 heavy (non-hydrogen) atoms. The van der Waals surface area contributed by atoms with Crippen LogP contribution in [0.25, 0.3) is 0 Å². The van der Waals surface area contributed by atoms with Crippen LogP contribution in [-0.4, -0.2) is 32.9 Å². The molecular formula is C16H26N2O2S. The van der Waals surface area contributed by atoms with Crippen molar-refractivity contribution in [3.05, 3.63) is 29.3 Å². The fourth-order valence-corrected chi connectivity index (χ4v) is 4.41. The van der Waals surface area contributed by atoms with E-state index < -0.39 is 10.0 Å². The van der Waals surface area contributed by atoms with Gasteiger partial charge in [0, 0.05) is 19.6 Å². The maximum Gasteiger partial charge on any atom is 0.243 e. The molecule has 0 aliphatic heterocycles. The second-order valence-electron chi connectivity index (χ2n) is 5.94. The van der Waals surface area contributed by atoms with E-state index in [1.165, 1.54) is 0 Å². The average molecular weight is 310 g/mol. The topological polar surface area (TPSA) is 49.4 Å². The van der Waals surface area contributed by atoms with E-state index in [-0.39, 0.29) is 0 Å². The molecule has 1 fully saturated rings. The molecule has 1 saturated carbocycles. The van der Waals surface area contributed by atoms with Gasteiger partial charge in [-0.25, -0.2) is 8.42 Å². The molecule has 1 N–H and O–H groups in total. The number of nitrogens with one attached hydrogen (secondary N) is 1. The molecule has 0 spiro atoms. The first-order valence-corrected chi connectivity index (χ1v) is 9.17. The first-order chi connectivity index (χ1) is 9.98. The van der Waals surface area contributed by atoms with Crippen molar-refractivity contribution in [2.24, 2.45) is 5.92 Å². The van der Waals surface area contributed by atoms with Crippen LogP contribution in [0.4, 0.5) is 0 Å². The van der Waals surface area contributed by atoms with Crippen LogP contribution in [0.3, 0.4) is 0 Å². The van der Waals surface area contributed by atoms with Crippen molar-refractivity contribution in [1.29, 1.82) is 0 Å². The smallest absolute Gasteiger partial charge is 0.243 e. The molecule has 118 valence electrons. The van der Waals surface area contributed by atoms with Gasteiger partial charge in [-0.2, -0.15) is 4.31 Å². The predicted molar refractivity (Wildman–Crippen MR) is 85.7 cm³/mol. The summed E-state index contributed by atoms with van der Waals surface area (Å²) in [6.45, 7) is 5.86. The maximum absolute atomic E-state index is 13.0. The van der Waals surface area contributed by atoms with Crippen LogP contribution in [0.2, 0.25) is 0 Å². The lowest BCUT2D eigenvalue weighted by Crippen LogP contribution is -2.34. The zero-order valence-corrected chi connectivity index (χ0v) is 14.0. The number of benzene rings is 1. The molecule has 1 aliphatic carbocycles. The van der Waals surface area contributed by atoms with Gasteiger partial charge in [0.05, 0.1) is 4.90 Å². The van der Waals surface area contributed by atoms with Gasteiger partial charge in [0.25, 0.3) is 0 Å². The Kier molecular flexibility index (Phi) is 5.41. The summed E-state index contributed by atoms with van der Waals surface area (Å²) in [5, 5.41) is 3.07. The lowest BCUT2D eigenvalue weighted by atomic mass is 10.1. The molecule has 0 atom stereocenters. The fourth-order valence-electron chi connectivity index (χ4n) is 2.52. The standard InChI is InChI=1S/C16H26N2O2S/c1-4-9-18(12-14-7-8-14)21(19,20)16-10-15(11-17-3)6-5-13(16)2/h5-6,10,14,17H,4,7-9,11-12H2,1-3H3. The summed E-state index contributed by atoms with van der Waals surface area (Å²) in [6.07, 6.45) is 3.17. The number of aryl methyl sites for hydroxylation is 1. The van der Waals surface area contributed by atoms with Crippen LogP contribution >= 0.6 is 0 Å². The number of hydrogen-bond donors (Lipinski definition) is 1. The first kappa shape index (κ1) is 16.5.